The van der Waals surface area contributed by atoms with Crippen molar-refractivity contribution in [1.82, 2.24) is 35.2 Å². The highest BCUT2D eigenvalue weighted by Gasteiger charge is 2.42. The van der Waals surface area contributed by atoms with Gasteiger partial charge in [-0.3, -0.25) is 34.1 Å². The van der Waals surface area contributed by atoms with E-state index in [0.29, 0.717) is 45.5 Å². The van der Waals surface area contributed by atoms with Crippen LogP contribution in [0.3, 0.4) is 0 Å². The Morgan fingerprint density at radius 2 is 0.857 bits per heavy atom. The van der Waals surface area contributed by atoms with Crippen LogP contribution in [-0.4, -0.2) is 141 Å². The summed E-state index contributed by atoms with van der Waals surface area (Å²) in [6.45, 7) is -1.14. The average Bonchev–Trinajstić information content (AvgIpc) is 4.15. The highest BCUT2D eigenvalue weighted by molar-refractivity contribution is 7.90. The van der Waals surface area contributed by atoms with Gasteiger partial charge < -0.3 is 30.2 Å². The highest BCUT2D eigenvalue weighted by atomic mass is 32.2. The van der Waals surface area contributed by atoms with Crippen molar-refractivity contribution in [2.75, 3.05) is 64.2 Å². The van der Waals surface area contributed by atoms with Crippen LogP contribution in [0.5, 0.6) is 0 Å². The highest BCUT2D eigenvalue weighted by Crippen LogP contribution is 2.32. The van der Waals surface area contributed by atoms with Crippen LogP contribution in [-0.2, 0) is 61.7 Å². The summed E-state index contributed by atoms with van der Waals surface area (Å²) in [5.74, 6) is -4.38. The van der Waals surface area contributed by atoms with Gasteiger partial charge in [0.05, 0.1) is 22.9 Å². The smallest absolute Gasteiger partial charge is 0.249 e. The molecule has 4 atom stereocenters. The van der Waals surface area contributed by atoms with E-state index in [1.165, 1.54) is 21.9 Å². The lowest BCUT2D eigenvalue weighted by Crippen LogP contribution is -2.58. The molecule has 2 heterocycles. The second-order valence-corrected chi connectivity index (χ2v) is 23.0. The number of hydrogen-bond acceptors (Lipinski definition) is 12. The van der Waals surface area contributed by atoms with Gasteiger partial charge in [0, 0.05) is 87.0 Å². The number of fused-ring (bicyclic) bond motifs is 2. The molecule has 77 heavy (non-hydrogen) atoms. The van der Waals surface area contributed by atoms with Crippen molar-refractivity contribution in [2.24, 2.45) is 0 Å². The van der Waals surface area contributed by atoms with Gasteiger partial charge in [0.15, 0.2) is 0 Å². The number of amides is 6. The van der Waals surface area contributed by atoms with E-state index in [0.717, 1.165) is 11.4 Å². The second-order valence-electron chi connectivity index (χ2n) is 19.5. The van der Waals surface area contributed by atoms with E-state index in [1.807, 2.05) is 62.3 Å². The lowest BCUT2D eigenvalue weighted by molar-refractivity contribution is -0.145. The molecule has 6 amide bonds. The number of sulfonamides is 2. The molecule has 0 aromatic heterocycles. The molecule has 0 spiro atoms. The summed E-state index contributed by atoms with van der Waals surface area (Å²) in [4.78, 5) is 90.7. The van der Waals surface area contributed by atoms with Crippen molar-refractivity contribution in [3.8, 4) is 0 Å². The molecule has 0 bridgehead atoms. The fourth-order valence-corrected chi connectivity index (χ4v) is 12.5. The van der Waals surface area contributed by atoms with Crippen molar-refractivity contribution in [1.29, 1.82) is 0 Å². The van der Waals surface area contributed by atoms with Crippen molar-refractivity contribution in [3.05, 3.63) is 145 Å². The van der Waals surface area contributed by atoms with E-state index in [2.05, 4.69) is 25.4 Å². The minimum absolute atomic E-state index is 0.00625. The van der Waals surface area contributed by atoms with Gasteiger partial charge in [-0.25, -0.2) is 26.3 Å². The number of anilines is 2. The maximum absolute atomic E-state index is 14.5. The van der Waals surface area contributed by atoms with Crippen molar-refractivity contribution >= 4 is 88.4 Å². The topological polar surface area (TPSA) is 244 Å². The molecule has 0 unspecified atom stereocenters. The zero-order valence-corrected chi connectivity index (χ0v) is 44.9. The summed E-state index contributed by atoms with van der Waals surface area (Å²) in [6.07, 6.45) is 1.19. The van der Waals surface area contributed by atoms with Crippen LogP contribution in [0, 0.1) is 0 Å². The number of benzene rings is 6. The van der Waals surface area contributed by atoms with Gasteiger partial charge in [0.2, 0.25) is 55.5 Å². The van der Waals surface area contributed by atoms with Gasteiger partial charge in [0.1, 0.15) is 24.2 Å². The van der Waals surface area contributed by atoms with Gasteiger partial charge in [-0.2, -0.15) is 0 Å². The molecule has 0 radical (unpaired) electrons. The summed E-state index contributed by atoms with van der Waals surface area (Å²) >= 11 is 0. The predicted molar refractivity (Wildman–Crippen MR) is 294 cm³/mol. The molecule has 5 N–H and O–H groups in total. The first-order valence-electron chi connectivity index (χ1n) is 25.3. The van der Waals surface area contributed by atoms with Crippen LogP contribution in [0.15, 0.2) is 143 Å². The molecule has 404 valence electrons. The molecular weight excluding hydrogens is 1020 g/mol. The van der Waals surface area contributed by atoms with E-state index in [-0.39, 0.29) is 48.6 Å². The van der Waals surface area contributed by atoms with Crippen LogP contribution in [0.25, 0.3) is 21.5 Å². The van der Waals surface area contributed by atoms with E-state index < -0.39 is 92.7 Å². The average molecular weight is 1090 g/mol. The van der Waals surface area contributed by atoms with Crippen LogP contribution in [0.4, 0.5) is 11.4 Å². The standard InChI is InChI=1S/C56H63N9O10S2/c1-62(2)45-25-11-23-41-39(45)21-13-29-49(41)76(72,73)57-35-51(66)59-43(33-37-17-7-5-8-18-37)55(70)64-31-15-27-47(64)53(68)61-54(69)48-28-16-32-65(48)56(71)44(34-38-19-9-6-10-20-38)60-52(67)36-58-77(74,75)50-30-14-22-40-42(50)24-12-26-46(40)63(3)4/h5-14,17-26,29-30,43-44,47-48,57-58H,15-16,27-28,31-36H2,1-4H3,(H,59,66)(H,60,67)(H,61,68,69)/t43-,44-,47-,48-/m0/s1. The first-order chi connectivity index (χ1) is 36.8. The van der Waals surface area contributed by atoms with Crippen LogP contribution in [0.1, 0.15) is 36.8 Å². The van der Waals surface area contributed by atoms with Crippen LogP contribution >= 0.6 is 0 Å². The van der Waals surface area contributed by atoms with Crippen LogP contribution in [0.2, 0.25) is 0 Å². The normalized spacial score (nSPS) is 16.4. The summed E-state index contributed by atoms with van der Waals surface area (Å²) in [5.41, 5.74) is 2.98. The number of nitrogens with zero attached hydrogens (tertiary/aromatic N) is 4. The first kappa shape index (κ1) is 55.5. The molecule has 0 saturated carbocycles. The molecule has 19 nitrogen and oxygen atoms in total. The molecule has 0 aliphatic carbocycles. The first-order valence-corrected chi connectivity index (χ1v) is 28.3. The maximum atomic E-state index is 14.5. The molecule has 2 fully saturated rings. The molecule has 8 rings (SSSR count). The Kier molecular flexibility index (Phi) is 17.4. The predicted octanol–water partition coefficient (Wildman–Crippen LogP) is 3.46. The molecular formula is C56H63N9O10S2. The Morgan fingerprint density at radius 1 is 0.494 bits per heavy atom. The van der Waals surface area contributed by atoms with Crippen LogP contribution < -0.4 is 35.2 Å². The monoisotopic (exact) mass is 1090 g/mol. The number of carbonyl (C=O) groups excluding carboxylic acids is 6. The van der Waals surface area contributed by atoms with Gasteiger partial charge >= 0.3 is 0 Å². The van der Waals surface area contributed by atoms with Gasteiger partial charge in [0.25, 0.3) is 0 Å². The number of likely N-dealkylation sites (tertiary alicyclic amines) is 2. The Labute approximate surface area is 448 Å². The van der Waals surface area contributed by atoms with E-state index in [1.54, 1.807) is 97.1 Å². The lowest BCUT2D eigenvalue weighted by atomic mass is 10.0. The third-order valence-electron chi connectivity index (χ3n) is 13.9. The Morgan fingerprint density at radius 3 is 1.23 bits per heavy atom. The molecule has 2 aliphatic heterocycles. The van der Waals surface area contributed by atoms with Gasteiger partial charge in [-0.15, -0.1) is 0 Å². The number of nitrogens with one attached hydrogen (secondary N) is 5. The Hall–Kier alpha value is -7.72. The fourth-order valence-electron chi connectivity index (χ4n) is 10.1. The fraction of sp³-hybridized carbons (Fsp3) is 0.321. The van der Waals surface area contributed by atoms with E-state index in [4.69, 9.17) is 0 Å². The quantitative estimate of drug-likeness (QED) is 0.0691. The minimum Gasteiger partial charge on any atom is -0.377 e. The molecule has 2 saturated heterocycles. The zero-order chi connectivity index (χ0) is 55.0. The van der Waals surface area contributed by atoms with E-state index >= 15 is 0 Å². The second kappa shape index (κ2) is 24.1. The third-order valence-corrected chi connectivity index (χ3v) is 16.8. The minimum atomic E-state index is -4.23. The summed E-state index contributed by atoms with van der Waals surface area (Å²) in [6, 6.07) is 33.4. The van der Waals surface area contributed by atoms with Crippen molar-refractivity contribution < 1.29 is 45.6 Å². The van der Waals surface area contributed by atoms with Gasteiger partial charge in [-0.05, 0) is 61.1 Å². The number of imide groups is 1. The number of hydrogen-bond donors (Lipinski definition) is 5. The summed E-state index contributed by atoms with van der Waals surface area (Å²) in [5, 5.41) is 10.2. The van der Waals surface area contributed by atoms with E-state index in [9.17, 15) is 45.6 Å². The largest absolute Gasteiger partial charge is 0.377 e. The molecule has 6 aromatic carbocycles. The zero-order valence-electron chi connectivity index (χ0n) is 43.3. The molecule has 21 heteroatoms. The Bertz CT molecular complexity index is 3190. The summed E-state index contributed by atoms with van der Waals surface area (Å²) in [7, 11) is -1.07. The maximum Gasteiger partial charge on any atom is 0.249 e. The van der Waals surface area contributed by atoms with Gasteiger partial charge in [-0.1, -0.05) is 109 Å². The Balaban J connectivity index is 0.927. The lowest BCUT2D eigenvalue weighted by Gasteiger charge is -2.30. The molecule has 2 aliphatic rings. The molecule has 6 aromatic rings. The van der Waals surface area contributed by atoms with Crippen molar-refractivity contribution in [3.63, 3.8) is 0 Å². The SMILES string of the molecule is CN(C)c1cccc2c(S(=O)(=O)NCC(=O)N[C@@H](Cc3ccccc3)C(=O)N3CCC[C@H]3C(=O)NC(=O)[C@@H]3CCCN3C(=O)[C@H](Cc3ccccc3)NC(=O)CNS(=O)(=O)c3cccc4c(N(C)C)cccc34)cccc12. The third kappa shape index (κ3) is 12.9. The number of rotatable bonds is 20. The van der Waals surface area contributed by atoms with Crippen molar-refractivity contribution in [2.45, 2.75) is 72.5 Å². The number of carbonyl (C=O) groups is 6. The summed E-state index contributed by atoms with van der Waals surface area (Å²) < 4.78 is 59.5.